The van der Waals surface area contributed by atoms with E-state index >= 15 is 0 Å². The number of benzene rings is 7. The predicted molar refractivity (Wildman–Crippen MR) is 282 cm³/mol. The van der Waals surface area contributed by atoms with E-state index in [1.165, 1.54) is 49.7 Å². The van der Waals surface area contributed by atoms with Gasteiger partial charge in [0.2, 0.25) is 0 Å². The number of hydrogen-bond donors (Lipinski definition) is 0. The second kappa shape index (κ2) is 18.8. The van der Waals surface area contributed by atoms with E-state index in [2.05, 4.69) is 198 Å². The van der Waals surface area contributed by atoms with E-state index in [0.29, 0.717) is 0 Å². The third kappa shape index (κ3) is 9.54. The summed E-state index contributed by atoms with van der Waals surface area (Å²) in [5.41, 5.74) is 18.6. The van der Waals surface area contributed by atoms with Crippen LogP contribution in [0.1, 0.15) is 69.7 Å². The Kier molecular flexibility index (Phi) is 12.9. The molecule has 3 aromatic heterocycles. The van der Waals surface area contributed by atoms with Crippen LogP contribution >= 0.6 is 0 Å². The number of nitrogens with zero attached hydrogens (tertiary/aromatic N) is 3. The molecule has 0 atom stereocenters. The maximum absolute atomic E-state index is 8.44. The van der Waals surface area contributed by atoms with Crippen molar-refractivity contribution in [2.45, 2.75) is 86.3 Å². The molecule has 0 aliphatic rings. The zero-order valence-electron chi connectivity index (χ0n) is 41.5. The summed E-state index contributed by atoms with van der Waals surface area (Å²) in [6, 6.07) is 57.8. The number of furan rings is 1. The summed E-state index contributed by atoms with van der Waals surface area (Å²) in [7, 11) is -1.50. The summed E-state index contributed by atoms with van der Waals surface area (Å²) in [4.78, 5) is 9.83. The van der Waals surface area contributed by atoms with Crippen LogP contribution in [0.3, 0.4) is 0 Å². The second-order valence-electron chi connectivity index (χ2n) is 20.0. The van der Waals surface area contributed by atoms with Gasteiger partial charge >= 0.3 is 0 Å². The smallest absolute Gasteiger partial charge is 0.121 e. The molecule has 67 heavy (non-hydrogen) atoms. The van der Waals surface area contributed by atoms with Gasteiger partial charge < -0.3 is 14.0 Å². The fourth-order valence-corrected chi connectivity index (χ4v) is 10.9. The molecular weight excluding hydrogens is 1010 g/mol. The molecule has 0 aliphatic carbocycles. The first-order chi connectivity index (χ1) is 31.8. The molecule has 339 valence electrons. The van der Waals surface area contributed by atoms with Crippen LogP contribution in [0.15, 0.2) is 156 Å². The Balaban J connectivity index is 0.000000251. The van der Waals surface area contributed by atoms with Crippen LogP contribution < -0.4 is 5.19 Å². The van der Waals surface area contributed by atoms with Crippen LogP contribution in [0.4, 0.5) is 0 Å². The first-order valence-corrected chi connectivity index (χ1v) is 26.5. The molecule has 6 heteroatoms. The molecule has 4 nitrogen and oxygen atoms in total. The van der Waals surface area contributed by atoms with Crippen LogP contribution in [0.5, 0.6) is 0 Å². The monoisotopic (exact) mass is 1070 g/mol. The maximum atomic E-state index is 8.44. The standard InChI is InChI=1S/C44H37N2O.C17H22NSi.Ir/c1-27-22-28(2)42(29(3)23-27)31-16-19-34-36-24-32(17-21-40(36)47-41(34)25-31)43-45-37-14-10-11-15-39(37)46(43)38-20-18-33(44(4,5)6)26-35(38)30-12-8-7-9-13-30;1-13(2)15-11-16(14-9-7-6-8-10-14)18-12-17(15)19(3,4)5;/h7-16,18-26H,1-6H3;6-9,11-13H,1-5H3;/q2*-1;/i;13D;. The van der Waals surface area contributed by atoms with E-state index in [-0.39, 0.29) is 25.5 Å². The Bertz CT molecular complexity index is 3420. The van der Waals surface area contributed by atoms with Gasteiger partial charge in [-0.2, -0.15) is 0 Å². The van der Waals surface area contributed by atoms with E-state index < -0.39 is 14.0 Å². The van der Waals surface area contributed by atoms with Gasteiger partial charge in [0.25, 0.3) is 0 Å². The Morgan fingerprint density at radius 3 is 2.10 bits per heavy atom. The molecule has 0 saturated heterocycles. The van der Waals surface area contributed by atoms with Crippen molar-refractivity contribution in [2.24, 2.45) is 0 Å². The van der Waals surface area contributed by atoms with E-state index in [1.54, 1.807) is 0 Å². The van der Waals surface area contributed by atoms with Gasteiger partial charge in [-0.25, -0.2) is 0 Å². The SMILES string of the molecule is Cc1cc(C)c(-c2ccc3c(c2)oc2c[c-]c(-c4nc5ccccc5n4-c4ccc(C(C)(C)C)cc4-c4ccccc4)cc23)c(C)c1.[2H]C(C)(C)c1cc(-c2[c-]cccc2)ncc1[Si](C)(C)C.[Ir]. The molecule has 0 aliphatic heterocycles. The van der Waals surface area contributed by atoms with Gasteiger partial charge in [0.1, 0.15) is 5.58 Å². The first-order valence-electron chi connectivity index (χ1n) is 23.5. The molecule has 10 aromatic rings. The molecule has 7 aromatic carbocycles. The summed E-state index contributed by atoms with van der Waals surface area (Å²) >= 11 is 0. The molecule has 0 saturated carbocycles. The van der Waals surface area contributed by atoms with Crippen molar-refractivity contribution >= 4 is 46.2 Å². The van der Waals surface area contributed by atoms with Crippen LogP contribution in [0.2, 0.25) is 19.6 Å². The summed E-state index contributed by atoms with van der Waals surface area (Å²) < 4.78 is 17.2. The number of pyridine rings is 1. The predicted octanol–water partition coefficient (Wildman–Crippen LogP) is 16.2. The third-order valence-corrected chi connectivity index (χ3v) is 14.6. The van der Waals surface area contributed by atoms with E-state index in [0.717, 1.165) is 66.9 Å². The Morgan fingerprint density at radius 1 is 0.701 bits per heavy atom. The quantitative estimate of drug-likeness (QED) is 0.118. The Labute approximate surface area is 412 Å². The van der Waals surface area contributed by atoms with Crippen LogP contribution in [-0.2, 0) is 25.5 Å². The molecule has 0 spiro atoms. The van der Waals surface area contributed by atoms with Crippen molar-refractivity contribution in [1.82, 2.24) is 14.5 Å². The molecule has 0 unspecified atom stereocenters. The Hall–Kier alpha value is -6.17. The van der Waals surface area contributed by atoms with Gasteiger partial charge in [-0.15, -0.1) is 59.7 Å². The van der Waals surface area contributed by atoms with Crippen molar-refractivity contribution in [3.8, 4) is 50.6 Å². The minimum absolute atomic E-state index is 0. The average molecular weight is 1070 g/mol. The topological polar surface area (TPSA) is 43.9 Å². The second-order valence-corrected chi connectivity index (χ2v) is 25.0. The zero-order valence-corrected chi connectivity index (χ0v) is 43.9. The summed E-state index contributed by atoms with van der Waals surface area (Å²) in [5, 5.41) is 3.42. The minimum atomic E-state index is -1.50. The number of hydrogen-bond acceptors (Lipinski definition) is 3. The van der Waals surface area contributed by atoms with Crippen LogP contribution in [0, 0.1) is 32.9 Å². The average Bonchev–Trinajstić information content (AvgIpc) is 3.86. The number of rotatable bonds is 7. The minimum Gasteiger partial charge on any atom is -0.500 e. The first kappa shape index (κ1) is 46.0. The van der Waals surface area contributed by atoms with Crippen molar-refractivity contribution < 1.29 is 25.9 Å². The molecule has 0 fully saturated rings. The van der Waals surface area contributed by atoms with Gasteiger partial charge in [0.05, 0.1) is 30.5 Å². The normalized spacial score (nSPS) is 12.2. The van der Waals surface area contributed by atoms with Gasteiger partial charge in [-0.3, -0.25) is 4.98 Å². The maximum Gasteiger partial charge on any atom is 0.121 e. The van der Waals surface area contributed by atoms with Crippen molar-refractivity contribution in [3.63, 3.8) is 0 Å². The number of aromatic nitrogens is 3. The van der Waals surface area contributed by atoms with E-state index in [4.69, 9.17) is 10.8 Å². The fourth-order valence-electron chi connectivity index (χ4n) is 9.30. The zero-order chi connectivity index (χ0) is 47.4. The molecule has 10 rings (SSSR count). The molecule has 0 amide bonds. The number of imidazole rings is 1. The van der Waals surface area contributed by atoms with Crippen LogP contribution in [0.25, 0.3) is 83.6 Å². The van der Waals surface area contributed by atoms with Crippen LogP contribution in [-0.4, -0.2) is 22.6 Å². The molecule has 0 N–H and O–H groups in total. The summed E-state index contributed by atoms with van der Waals surface area (Å²) in [6.45, 7) is 24.1. The van der Waals surface area contributed by atoms with Gasteiger partial charge in [-0.1, -0.05) is 150 Å². The number of aryl methyl sites for hydroxylation is 3. The van der Waals surface area contributed by atoms with Crippen molar-refractivity contribution in [2.75, 3.05) is 0 Å². The van der Waals surface area contributed by atoms with E-state index in [1.807, 2.05) is 50.4 Å². The molecular formula is C61H59IrN3OSi-2. The van der Waals surface area contributed by atoms with Gasteiger partial charge in [-0.05, 0) is 107 Å². The summed E-state index contributed by atoms with van der Waals surface area (Å²) in [6.07, 6.45) is 1.98. The van der Waals surface area contributed by atoms with Crippen molar-refractivity contribution in [1.29, 1.82) is 0 Å². The third-order valence-electron chi connectivity index (χ3n) is 12.6. The van der Waals surface area contributed by atoms with E-state index in [9.17, 15) is 0 Å². The van der Waals surface area contributed by atoms with Gasteiger partial charge in [0.15, 0.2) is 0 Å². The largest absolute Gasteiger partial charge is 0.500 e. The molecule has 0 bridgehead atoms. The summed E-state index contributed by atoms with van der Waals surface area (Å²) in [5.74, 6) is 0.243. The Morgan fingerprint density at radius 2 is 1.42 bits per heavy atom. The van der Waals surface area contributed by atoms with Gasteiger partial charge in [0, 0.05) is 44.3 Å². The molecule has 1 radical (unpaired) electrons. The van der Waals surface area contributed by atoms with Crippen molar-refractivity contribution in [3.05, 3.63) is 192 Å². The fraction of sp³-hybridized carbons (Fsp3) is 0.213. The number of fused-ring (bicyclic) bond motifs is 4. The molecule has 3 heterocycles. The number of para-hydroxylation sites is 2.